The van der Waals surface area contributed by atoms with Crippen molar-refractivity contribution in [2.45, 2.75) is 20.8 Å². The second kappa shape index (κ2) is 6.39. The fourth-order valence-corrected chi connectivity index (χ4v) is 2.09. The van der Waals surface area contributed by atoms with Crippen molar-refractivity contribution >= 4 is 11.6 Å². The maximum Gasteiger partial charge on any atom is 0.262 e. The summed E-state index contributed by atoms with van der Waals surface area (Å²) in [6.45, 7) is 5.60. The average molecular weight is 287 g/mol. The van der Waals surface area contributed by atoms with Gasteiger partial charge in [-0.3, -0.25) is 4.79 Å². The van der Waals surface area contributed by atoms with Crippen LogP contribution in [0.5, 0.6) is 5.75 Å². The number of rotatable bonds is 4. The highest BCUT2D eigenvalue weighted by Gasteiger charge is 2.08. The van der Waals surface area contributed by atoms with E-state index in [1.807, 2.05) is 39.0 Å². The van der Waals surface area contributed by atoms with Crippen molar-refractivity contribution in [2.24, 2.45) is 0 Å². The minimum absolute atomic E-state index is 0.156. The van der Waals surface area contributed by atoms with Crippen LogP contribution < -0.4 is 10.1 Å². The highest BCUT2D eigenvalue weighted by Crippen LogP contribution is 2.17. The van der Waals surface area contributed by atoms with Gasteiger partial charge in [-0.05, 0) is 61.7 Å². The lowest BCUT2D eigenvalue weighted by atomic mass is 10.1. The van der Waals surface area contributed by atoms with Gasteiger partial charge in [-0.1, -0.05) is 12.1 Å². The number of ether oxygens (including phenoxy) is 1. The van der Waals surface area contributed by atoms with Crippen molar-refractivity contribution in [3.63, 3.8) is 0 Å². The largest absolute Gasteiger partial charge is 0.484 e. The number of aryl methyl sites for hydroxylation is 3. The summed E-state index contributed by atoms with van der Waals surface area (Å²) < 4.78 is 19.0. The number of halogens is 1. The molecule has 0 spiro atoms. The van der Waals surface area contributed by atoms with E-state index in [1.54, 1.807) is 12.1 Å². The van der Waals surface area contributed by atoms with Gasteiger partial charge in [0.15, 0.2) is 6.61 Å². The summed E-state index contributed by atoms with van der Waals surface area (Å²) in [5.41, 5.74) is 3.18. The van der Waals surface area contributed by atoms with Gasteiger partial charge >= 0.3 is 0 Å². The first-order valence-electron chi connectivity index (χ1n) is 6.71. The molecule has 3 nitrogen and oxygen atoms in total. The fraction of sp³-hybridized carbons (Fsp3) is 0.235. The second-order valence-electron chi connectivity index (χ2n) is 5.14. The van der Waals surface area contributed by atoms with Crippen LogP contribution in [0.1, 0.15) is 16.7 Å². The molecule has 110 valence electrons. The normalized spacial score (nSPS) is 10.3. The number of carbonyl (C=O) groups excluding carboxylic acids is 1. The zero-order valence-corrected chi connectivity index (χ0v) is 12.4. The van der Waals surface area contributed by atoms with Crippen LogP contribution in [0.2, 0.25) is 0 Å². The van der Waals surface area contributed by atoms with Crippen molar-refractivity contribution in [3.05, 3.63) is 58.9 Å². The van der Waals surface area contributed by atoms with Crippen LogP contribution in [0.4, 0.5) is 10.1 Å². The van der Waals surface area contributed by atoms with E-state index in [1.165, 1.54) is 6.07 Å². The number of benzene rings is 2. The summed E-state index contributed by atoms with van der Waals surface area (Å²) in [4.78, 5) is 11.8. The van der Waals surface area contributed by atoms with Gasteiger partial charge in [0, 0.05) is 0 Å². The van der Waals surface area contributed by atoms with Crippen LogP contribution in [0.3, 0.4) is 0 Å². The predicted molar refractivity (Wildman–Crippen MR) is 81.2 cm³/mol. The SMILES string of the molecule is Cc1cc(C)cc(OCC(=O)Nc2cc(C)ccc2F)c1. The van der Waals surface area contributed by atoms with E-state index in [9.17, 15) is 9.18 Å². The zero-order valence-electron chi connectivity index (χ0n) is 12.4. The molecule has 0 radical (unpaired) electrons. The van der Waals surface area contributed by atoms with Crippen molar-refractivity contribution < 1.29 is 13.9 Å². The summed E-state index contributed by atoms with van der Waals surface area (Å²) >= 11 is 0. The Kier molecular flexibility index (Phi) is 4.58. The van der Waals surface area contributed by atoms with E-state index < -0.39 is 11.7 Å². The lowest BCUT2D eigenvalue weighted by Crippen LogP contribution is -2.20. The Bertz CT molecular complexity index is 648. The van der Waals surface area contributed by atoms with E-state index in [0.717, 1.165) is 16.7 Å². The number of hydrogen-bond acceptors (Lipinski definition) is 2. The van der Waals surface area contributed by atoms with Gasteiger partial charge in [-0.25, -0.2) is 4.39 Å². The lowest BCUT2D eigenvalue weighted by Gasteiger charge is -2.10. The van der Waals surface area contributed by atoms with Crippen LogP contribution in [-0.4, -0.2) is 12.5 Å². The third-order valence-electron chi connectivity index (χ3n) is 2.96. The molecule has 4 heteroatoms. The van der Waals surface area contributed by atoms with Gasteiger partial charge in [0.2, 0.25) is 0 Å². The van der Waals surface area contributed by atoms with Gasteiger partial charge < -0.3 is 10.1 Å². The molecule has 0 unspecified atom stereocenters. The highest BCUT2D eigenvalue weighted by atomic mass is 19.1. The van der Waals surface area contributed by atoms with E-state index in [0.29, 0.717) is 5.75 Å². The molecule has 1 N–H and O–H groups in total. The number of amides is 1. The van der Waals surface area contributed by atoms with Gasteiger partial charge in [0.05, 0.1) is 5.69 Å². The second-order valence-corrected chi connectivity index (χ2v) is 5.14. The lowest BCUT2D eigenvalue weighted by molar-refractivity contribution is -0.118. The first kappa shape index (κ1) is 15.0. The smallest absolute Gasteiger partial charge is 0.262 e. The molecular weight excluding hydrogens is 269 g/mol. The van der Waals surface area contributed by atoms with Crippen LogP contribution in [0.25, 0.3) is 0 Å². The Morgan fingerprint density at radius 3 is 2.38 bits per heavy atom. The van der Waals surface area contributed by atoms with E-state index in [2.05, 4.69) is 5.32 Å². The summed E-state index contributed by atoms with van der Waals surface area (Å²) in [5.74, 6) is -0.216. The Hall–Kier alpha value is -2.36. The predicted octanol–water partition coefficient (Wildman–Crippen LogP) is 3.77. The average Bonchev–Trinajstić information content (AvgIpc) is 2.40. The van der Waals surface area contributed by atoms with Gasteiger partial charge in [0.25, 0.3) is 5.91 Å². The molecular formula is C17H18FNO2. The minimum atomic E-state index is -0.458. The number of anilines is 1. The van der Waals surface area contributed by atoms with Gasteiger partial charge in [0.1, 0.15) is 11.6 Å². The van der Waals surface area contributed by atoms with Crippen LogP contribution >= 0.6 is 0 Å². The molecule has 0 heterocycles. The van der Waals surface area contributed by atoms with Crippen molar-refractivity contribution in [3.8, 4) is 5.75 Å². The topological polar surface area (TPSA) is 38.3 Å². The molecule has 2 aromatic rings. The molecule has 0 aliphatic carbocycles. The van der Waals surface area contributed by atoms with Crippen molar-refractivity contribution in [1.29, 1.82) is 0 Å². The molecule has 21 heavy (non-hydrogen) atoms. The monoisotopic (exact) mass is 287 g/mol. The molecule has 2 rings (SSSR count). The van der Waals surface area contributed by atoms with Crippen LogP contribution in [-0.2, 0) is 4.79 Å². The third-order valence-corrected chi connectivity index (χ3v) is 2.96. The number of nitrogens with one attached hydrogen (secondary N) is 1. The first-order chi connectivity index (χ1) is 9.94. The standard InChI is InChI=1S/C17H18FNO2/c1-11-4-5-15(18)16(9-11)19-17(20)10-21-14-7-12(2)6-13(3)8-14/h4-9H,10H2,1-3H3,(H,19,20). The first-order valence-corrected chi connectivity index (χ1v) is 6.71. The van der Waals surface area contributed by atoms with Crippen molar-refractivity contribution in [2.75, 3.05) is 11.9 Å². The molecule has 0 aromatic heterocycles. The Morgan fingerprint density at radius 2 is 1.71 bits per heavy atom. The molecule has 0 saturated heterocycles. The minimum Gasteiger partial charge on any atom is -0.484 e. The molecule has 0 aliphatic rings. The fourth-order valence-electron chi connectivity index (χ4n) is 2.09. The van der Waals surface area contributed by atoms with Gasteiger partial charge in [-0.15, -0.1) is 0 Å². The molecule has 0 aliphatic heterocycles. The van der Waals surface area contributed by atoms with E-state index in [4.69, 9.17) is 4.74 Å². The van der Waals surface area contributed by atoms with E-state index in [-0.39, 0.29) is 12.3 Å². The summed E-state index contributed by atoms with van der Waals surface area (Å²) in [6, 6.07) is 10.3. The molecule has 1 amide bonds. The molecule has 2 aromatic carbocycles. The number of hydrogen-bond donors (Lipinski definition) is 1. The maximum absolute atomic E-state index is 13.5. The highest BCUT2D eigenvalue weighted by molar-refractivity contribution is 5.92. The number of carbonyl (C=O) groups is 1. The Labute approximate surface area is 123 Å². The summed E-state index contributed by atoms with van der Waals surface area (Å²) in [6.07, 6.45) is 0. The van der Waals surface area contributed by atoms with Crippen LogP contribution in [0.15, 0.2) is 36.4 Å². The summed E-state index contributed by atoms with van der Waals surface area (Å²) in [5, 5.41) is 2.51. The molecule has 0 saturated carbocycles. The van der Waals surface area contributed by atoms with E-state index >= 15 is 0 Å². The Balaban J connectivity index is 1.97. The van der Waals surface area contributed by atoms with Crippen molar-refractivity contribution in [1.82, 2.24) is 0 Å². The Morgan fingerprint density at radius 1 is 1.05 bits per heavy atom. The zero-order chi connectivity index (χ0) is 15.4. The van der Waals surface area contributed by atoms with Gasteiger partial charge in [-0.2, -0.15) is 0 Å². The quantitative estimate of drug-likeness (QED) is 0.929. The third kappa shape index (κ3) is 4.31. The van der Waals surface area contributed by atoms with Crippen LogP contribution in [0, 0.1) is 26.6 Å². The summed E-state index contributed by atoms with van der Waals surface area (Å²) in [7, 11) is 0. The molecule has 0 atom stereocenters. The molecule has 0 fully saturated rings. The maximum atomic E-state index is 13.5. The molecule has 0 bridgehead atoms.